The van der Waals surface area contributed by atoms with E-state index in [1.807, 2.05) is 18.2 Å². The first-order valence-corrected chi connectivity index (χ1v) is 6.68. The Bertz CT molecular complexity index is 630. The van der Waals surface area contributed by atoms with Crippen LogP contribution in [0.3, 0.4) is 0 Å². The zero-order valence-corrected chi connectivity index (χ0v) is 12.4. The fourth-order valence-corrected chi connectivity index (χ4v) is 1.95. The van der Waals surface area contributed by atoms with Gasteiger partial charge in [-0.2, -0.15) is 5.11 Å². The van der Waals surface area contributed by atoms with E-state index < -0.39 is 0 Å². The SMILES string of the molecule is CC(=O)OCc1c(Br)cccc1N=Nc1cccnc1. The van der Waals surface area contributed by atoms with Gasteiger partial charge >= 0.3 is 5.97 Å². The highest BCUT2D eigenvalue weighted by molar-refractivity contribution is 9.10. The summed E-state index contributed by atoms with van der Waals surface area (Å²) in [5, 5.41) is 8.29. The van der Waals surface area contributed by atoms with Crippen molar-refractivity contribution in [3.05, 3.63) is 52.8 Å². The van der Waals surface area contributed by atoms with Crippen molar-refractivity contribution < 1.29 is 9.53 Å². The standard InChI is InChI=1S/C14H12BrN3O2/c1-10(19)20-9-12-13(15)5-2-6-14(12)18-17-11-4-3-7-16-8-11/h2-8H,9H2,1H3. The Morgan fingerprint density at radius 1 is 1.30 bits per heavy atom. The lowest BCUT2D eigenvalue weighted by Crippen LogP contribution is -1.99. The molecule has 0 N–H and O–H groups in total. The zero-order chi connectivity index (χ0) is 14.4. The van der Waals surface area contributed by atoms with E-state index in [0.29, 0.717) is 11.4 Å². The number of ether oxygens (including phenoxy) is 1. The molecule has 0 aliphatic rings. The minimum atomic E-state index is -0.337. The molecule has 1 heterocycles. The van der Waals surface area contributed by atoms with Gasteiger partial charge in [0, 0.05) is 23.2 Å². The summed E-state index contributed by atoms with van der Waals surface area (Å²) in [6.07, 6.45) is 3.29. The van der Waals surface area contributed by atoms with Crippen LogP contribution >= 0.6 is 15.9 Å². The summed E-state index contributed by atoms with van der Waals surface area (Å²) in [4.78, 5) is 14.9. The number of pyridine rings is 1. The second-order valence-electron chi connectivity index (χ2n) is 3.93. The van der Waals surface area contributed by atoms with Crippen LogP contribution in [0.4, 0.5) is 11.4 Å². The molecule has 0 unspecified atom stereocenters. The Morgan fingerprint density at radius 3 is 2.85 bits per heavy atom. The van der Waals surface area contributed by atoms with Crippen molar-refractivity contribution in [1.82, 2.24) is 4.98 Å². The van der Waals surface area contributed by atoms with E-state index in [2.05, 4.69) is 31.1 Å². The molecule has 0 fully saturated rings. The average molecular weight is 334 g/mol. The van der Waals surface area contributed by atoms with Crippen LogP contribution in [0.2, 0.25) is 0 Å². The van der Waals surface area contributed by atoms with Crippen LogP contribution in [0.5, 0.6) is 0 Å². The molecule has 6 heteroatoms. The van der Waals surface area contributed by atoms with Crippen molar-refractivity contribution in [3.8, 4) is 0 Å². The van der Waals surface area contributed by atoms with E-state index in [-0.39, 0.29) is 12.6 Å². The monoisotopic (exact) mass is 333 g/mol. The predicted molar refractivity (Wildman–Crippen MR) is 78.0 cm³/mol. The lowest BCUT2D eigenvalue weighted by atomic mass is 10.2. The van der Waals surface area contributed by atoms with Crippen LogP contribution < -0.4 is 0 Å². The van der Waals surface area contributed by atoms with E-state index in [1.165, 1.54) is 6.92 Å². The number of carbonyl (C=O) groups excluding carboxylic acids is 1. The number of aromatic nitrogens is 1. The Labute approximate surface area is 124 Å². The topological polar surface area (TPSA) is 63.9 Å². The van der Waals surface area contributed by atoms with Crippen molar-refractivity contribution in [2.24, 2.45) is 10.2 Å². The molecule has 0 aliphatic heterocycles. The fraction of sp³-hybridized carbons (Fsp3) is 0.143. The second kappa shape index (κ2) is 6.91. The van der Waals surface area contributed by atoms with Gasteiger partial charge in [-0.3, -0.25) is 9.78 Å². The predicted octanol–water partition coefficient (Wildman–Crippen LogP) is 4.32. The van der Waals surface area contributed by atoms with Gasteiger partial charge in [-0.1, -0.05) is 22.0 Å². The Hall–Kier alpha value is -2.08. The molecule has 0 saturated heterocycles. The highest BCUT2D eigenvalue weighted by Gasteiger charge is 2.08. The third-order valence-electron chi connectivity index (χ3n) is 2.43. The molecule has 0 amide bonds. The number of carbonyl (C=O) groups is 1. The molecule has 2 aromatic rings. The van der Waals surface area contributed by atoms with Crippen molar-refractivity contribution in [1.29, 1.82) is 0 Å². The van der Waals surface area contributed by atoms with Crippen LogP contribution in [-0.2, 0) is 16.1 Å². The number of esters is 1. The van der Waals surface area contributed by atoms with Crippen molar-refractivity contribution in [2.75, 3.05) is 0 Å². The maximum atomic E-state index is 10.9. The summed E-state index contributed by atoms with van der Waals surface area (Å²) < 4.78 is 5.84. The molecular weight excluding hydrogens is 322 g/mol. The number of hydrogen-bond acceptors (Lipinski definition) is 5. The van der Waals surface area contributed by atoms with E-state index in [1.54, 1.807) is 24.5 Å². The molecule has 0 aliphatic carbocycles. The highest BCUT2D eigenvalue weighted by Crippen LogP contribution is 2.29. The maximum absolute atomic E-state index is 10.9. The zero-order valence-electron chi connectivity index (χ0n) is 10.8. The molecule has 1 aromatic carbocycles. The number of hydrogen-bond donors (Lipinski definition) is 0. The number of benzene rings is 1. The van der Waals surface area contributed by atoms with Crippen LogP contribution in [0.25, 0.3) is 0 Å². The average Bonchev–Trinajstić information content (AvgIpc) is 2.45. The van der Waals surface area contributed by atoms with Gasteiger partial charge in [-0.15, -0.1) is 5.11 Å². The van der Waals surface area contributed by atoms with Gasteiger partial charge in [0.2, 0.25) is 0 Å². The number of halogens is 1. The summed E-state index contributed by atoms with van der Waals surface area (Å²) in [5.74, 6) is -0.337. The van der Waals surface area contributed by atoms with E-state index in [9.17, 15) is 4.79 Å². The third-order valence-corrected chi connectivity index (χ3v) is 3.18. The van der Waals surface area contributed by atoms with Crippen molar-refractivity contribution in [3.63, 3.8) is 0 Å². The van der Waals surface area contributed by atoms with Gasteiger partial charge in [0.25, 0.3) is 0 Å². The van der Waals surface area contributed by atoms with Crippen molar-refractivity contribution in [2.45, 2.75) is 13.5 Å². The molecule has 0 saturated carbocycles. The lowest BCUT2D eigenvalue weighted by molar-refractivity contribution is -0.142. The maximum Gasteiger partial charge on any atom is 0.302 e. The Balaban J connectivity index is 2.25. The van der Waals surface area contributed by atoms with Crippen LogP contribution in [-0.4, -0.2) is 11.0 Å². The first-order valence-electron chi connectivity index (χ1n) is 5.89. The molecule has 0 bridgehead atoms. The molecule has 0 atom stereocenters. The quantitative estimate of drug-likeness (QED) is 0.618. The minimum Gasteiger partial charge on any atom is -0.461 e. The molecule has 102 valence electrons. The van der Waals surface area contributed by atoms with E-state index in [4.69, 9.17) is 4.74 Å². The van der Waals surface area contributed by atoms with Crippen LogP contribution in [0.1, 0.15) is 12.5 Å². The van der Waals surface area contributed by atoms with E-state index in [0.717, 1.165) is 10.0 Å². The molecule has 0 spiro atoms. The summed E-state index contributed by atoms with van der Waals surface area (Å²) in [6.45, 7) is 1.52. The highest BCUT2D eigenvalue weighted by atomic mass is 79.9. The Morgan fingerprint density at radius 2 is 2.15 bits per heavy atom. The normalized spacial score (nSPS) is 10.7. The summed E-state index contributed by atoms with van der Waals surface area (Å²) in [7, 11) is 0. The molecule has 1 aromatic heterocycles. The van der Waals surface area contributed by atoms with Gasteiger partial charge < -0.3 is 4.74 Å². The smallest absolute Gasteiger partial charge is 0.302 e. The summed E-state index contributed by atoms with van der Waals surface area (Å²) in [6, 6.07) is 9.11. The van der Waals surface area contributed by atoms with Gasteiger partial charge in [0.15, 0.2) is 0 Å². The molecule has 5 nitrogen and oxygen atoms in total. The molecule has 0 radical (unpaired) electrons. The molecule has 20 heavy (non-hydrogen) atoms. The molecule has 2 rings (SSSR count). The van der Waals surface area contributed by atoms with Gasteiger partial charge in [0.05, 0.1) is 11.9 Å². The van der Waals surface area contributed by atoms with Gasteiger partial charge in [-0.05, 0) is 24.3 Å². The second-order valence-corrected chi connectivity index (χ2v) is 4.78. The first-order chi connectivity index (χ1) is 9.66. The molecular formula is C14H12BrN3O2. The summed E-state index contributed by atoms with van der Waals surface area (Å²) in [5.41, 5.74) is 2.07. The van der Waals surface area contributed by atoms with Crippen LogP contribution in [0, 0.1) is 0 Å². The number of nitrogens with zero attached hydrogens (tertiary/aromatic N) is 3. The summed E-state index contributed by atoms with van der Waals surface area (Å²) >= 11 is 3.42. The Kier molecular flexibility index (Phi) is 4.95. The van der Waals surface area contributed by atoms with E-state index >= 15 is 0 Å². The third kappa shape index (κ3) is 3.96. The largest absolute Gasteiger partial charge is 0.461 e. The van der Waals surface area contributed by atoms with Crippen molar-refractivity contribution >= 4 is 33.3 Å². The lowest BCUT2D eigenvalue weighted by Gasteiger charge is -2.07. The fourth-order valence-electron chi connectivity index (χ4n) is 1.48. The van der Waals surface area contributed by atoms with Crippen LogP contribution in [0.15, 0.2) is 57.4 Å². The number of azo groups is 1. The minimum absolute atomic E-state index is 0.151. The van der Waals surface area contributed by atoms with Gasteiger partial charge in [0.1, 0.15) is 12.3 Å². The number of rotatable bonds is 4. The van der Waals surface area contributed by atoms with Gasteiger partial charge in [-0.25, -0.2) is 0 Å². The first kappa shape index (κ1) is 14.3.